The number of rotatable bonds is 4. The Morgan fingerprint density at radius 2 is 2.14 bits per heavy atom. The first-order valence-corrected chi connectivity index (χ1v) is 6.94. The molecule has 1 atom stereocenters. The molecule has 1 heterocycles. The Morgan fingerprint density at radius 1 is 1.45 bits per heavy atom. The van der Waals surface area contributed by atoms with Crippen LogP contribution in [0, 0.1) is 24.0 Å². The van der Waals surface area contributed by atoms with Gasteiger partial charge in [-0.3, -0.25) is 19.6 Å². The van der Waals surface area contributed by atoms with E-state index in [1.54, 1.807) is 26.8 Å². The zero-order valence-electron chi connectivity index (χ0n) is 12.3. The molecule has 2 rings (SSSR count). The number of anilines is 1. The number of nitro groups is 1. The number of hydrogen-bond acceptors (Lipinski definition) is 4. The van der Waals surface area contributed by atoms with Gasteiger partial charge in [-0.15, -0.1) is 0 Å². The molecule has 0 radical (unpaired) electrons. The predicted molar refractivity (Wildman–Crippen MR) is 83.1 cm³/mol. The van der Waals surface area contributed by atoms with Crippen molar-refractivity contribution in [1.82, 2.24) is 9.78 Å². The summed E-state index contributed by atoms with van der Waals surface area (Å²) in [5.41, 5.74) is 1.41. The summed E-state index contributed by atoms with van der Waals surface area (Å²) in [6.07, 6.45) is 1.45. The summed E-state index contributed by atoms with van der Waals surface area (Å²) >= 11 is 5.92. The maximum atomic E-state index is 12.3. The van der Waals surface area contributed by atoms with Gasteiger partial charge in [-0.25, -0.2) is 0 Å². The van der Waals surface area contributed by atoms with Crippen molar-refractivity contribution in [1.29, 1.82) is 0 Å². The zero-order chi connectivity index (χ0) is 16.4. The van der Waals surface area contributed by atoms with Gasteiger partial charge in [0, 0.05) is 6.07 Å². The minimum absolute atomic E-state index is 0.143. The molecule has 0 saturated carbocycles. The summed E-state index contributed by atoms with van der Waals surface area (Å²) in [5.74, 6) is -0.408. The Hall–Kier alpha value is -2.41. The highest BCUT2D eigenvalue weighted by Crippen LogP contribution is 2.26. The lowest BCUT2D eigenvalue weighted by Crippen LogP contribution is -2.25. The fraction of sp³-hybridized carbons (Fsp3) is 0.286. The zero-order valence-corrected chi connectivity index (χ0v) is 13.1. The number of aromatic nitrogens is 2. The molecular weight excluding hydrogens is 308 g/mol. The third kappa shape index (κ3) is 3.09. The van der Waals surface area contributed by atoms with Gasteiger partial charge < -0.3 is 5.32 Å². The highest BCUT2D eigenvalue weighted by Gasteiger charge is 2.22. The van der Waals surface area contributed by atoms with Crippen LogP contribution in [0.25, 0.3) is 0 Å². The van der Waals surface area contributed by atoms with E-state index in [0.717, 1.165) is 5.56 Å². The van der Waals surface area contributed by atoms with Crippen LogP contribution in [0.2, 0.25) is 5.02 Å². The number of aryl methyl sites for hydroxylation is 1. The van der Waals surface area contributed by atoms with Gasteiger partial charge in [-0.2, -0.15) is 5.10 Å². The van der Waals surface area contributed by atoms with Crippen LogP contribution in [0.15, 0.2) is 24.4 Å². The Balaban J connectivity index is 2.26. The molecule has 22 heavy (non-hydrogen) atoms. The van der Waals surface area contributed by atoms with E-state index < -0.39 is 16.9 Å². The summed E-state index contributed by atoms with van der Waals surface area (Å²) in [6.45, 7) is 5.13. The molecule has 1 unspecified atom stereocenters. The fourth-order valence-electron chi connectivity index (χ4n) is 2.04. The minimum atomic E-state index is -0.645. The quantitative estimate of drug-likeness (QED) is 0.691. The molecule has 0 saturated heterocycles. The van der Waals surface area contributed by atoms with Gasteiger partial charge in [0.1, 0.15) is 11.7 Å². The topological polar surface area (TPSA) is 90.1 Å². The van der Waals surface area contributed by atoms with E-state index in [9.17, 15) is 14.9 Å². The first-order valence-electron chi connectivity index (χ1n) is 6.56. The second-order valence-corrected chi connectivity index (χ2v) is 5.37. The van der Waals surface area contributed by atoms with Crippen molar-refractivity contribution in [3.05, 3.63) is 50.8 Å². The molecule has 8 heteroatoms. The highest BCUT2D eigenvalue weighted by atomic mass is 35.5. The van der Waals surface area contributed by atoms with Crippen LogP contribution < -0.4 is 5.32 Å². The third-order valence-electron chi connectivity index (χ3n) is 3.34. The number of benzene rings is 1. The largest absolute Gasteiger partial charge is 0.319 e. The lowest BCUT2D eigenvalue weighted by molar-refractivity contribution is -0.384. The second-order valence-electron chi connectivity index (χ2n) is 4.97. The monoisotopic (exact) mass is 322 g/mol. The van der Waals surface area contributed by atoms with Crippen molar-refractivity contribution in [2.45, 2.75) is 26.8 Å². The van der Waals surface area contributed by atoms with Crippen LogP contribution in [-0.2, 0) is 4.79 Å². The summed E-state index contributed by atoms with van der Waals surface area (Å²) in [5, 5.41) is 18.1. The SMILES string of the molecule is Cc1ccc(NC(=O)C(C)n2ncc(Cl)c2C)c([N+](=O)[O-])c1. The van der Waals surface area contributed by atoms with Gasteiger partial charge in [0.2, 0.25) is 5.91 Å². The Morgan fingerprint density at radius 3 is 2.68 bits per heavy atom. The van der Waals surface area contributed by atoms with E-state index in [2.05, 4.69) is 10.4 Å². The van der Waals surface area contributed by atoms with Crippen molar-refractivity contribution in [3.8, 4) is 0 Å². The fourth-order valence-corrected chi connectivity index (χ4v) is 2.17. The van der Waals surface area contributed by atoms with Crippen LogP contribution in [0.1, 0.15) is 24.2 Å². The minimum Gasteiger partial charge on any atom is -0.319 e. The number of carbonyl (C=O) groups is 1. The second kappa shape index (κ2) is 6.15. The van der Waals surface area contributed by atoms with Gasteiger partial charge in [-0.1, -0.05) is 17.7 Å². The summed E-state index contributed by atoms with van der Waals surface area (Å²) in [6, 6.07) is 3.98. The third-order valence-corrected chi connectivity index (χ3v) is 3.71. The Kier molecular flexibility index (Phi) is 4.46. The van der Waals surface area contributed by atoms with Gasteiger partial charge >= 0.3 is 0 Å². The number of hydrogen-bond donors (Lipinski definition) is 1. The molecule has 0 aliphatic carbocycles. The molecule has 0 aliphatic rings. The predicted octanol–water partition coefficient (Wildman–Crippen LogP) is 3.26. The molecule has 0 bridgehead atoms. The molecule has 1 aromatic heterocycles. The van der Waals surface area contributed by atoms with Crippen molar-refractivity contribution in [2.75, 3.05) is 5.32 Å². The molecule has 116 valence electrons. The van der Waals surface area contributed by atoms with Gasteiger partial charge in [0.25, 0.3) is 5.69 Å². The van der Waals surface area contributed by atoms with Gasteiger partial charge in [0.15, 0.2) is 0 Å². The van der Waals surface area contributed by atoms with Crippen molar-refractivity contribution in [2.24, 2.45) is 0 Å². The smallest absolute Gasteiger partial charge is 0.293 e. The van der Waals surface area contributed by atoms with Crippen LogP contribution in [0.4, 0.5) is 11.4 Å². The summed E-state index contributed by atoms with van der Waals surface area (Å²) < 4.78 is 1.47. The number of amides is 1. The lowest BCUT2D eigenvalue weighted by atomic mass is 10.2. The average molecular weight is 323 g/mol. The Labute approximate surface area is 132 Å². The normalized spacial score (nSPS) is 12.0. The number of nitrogens with zero attached hydrogens (tertiary/aromatic N) is 3. The highest BCUT2D eigenvalue weighted by molar-refractivity contribution is 6.31. The number of nitro benzene ring substituents is 1. The van der Waals surface area contributed by atoms with Crippen molar-refractivity contribution < 1.29 is 9.72 Å². The van der Waals surface area contributed by atoms with Crippen LogP contribution in [0.5, 0.6) is 0 Å². The lowest BCUT2D eigenvalue weighted by Gasteiger charge is -2.14. The van der Waals surface area contributed by atoms with Crippen LogP contribution >= 0.6 is 11.6 Å². The molecule has 1 amide bonds. The molecule has 7 nitrogen and oxygen atoms in total. The maximum Gasteiger partial charge on any atom is 0.293 e. The first kappa shape index (κ1) is 16.0. The van der Waals surface area contributed by atoms with Crippen LogP contribution in [-0.4, -0.2) is 20.6 Å². The van der Waals surface area contributed by atoms with E-state index in [1.165, 1.54) is 23.0 Å². The van der Waals surface area contributed by atoms with E-state index in [-0.39, 0.29) is 11.4 Å². The number of nitrogens with one attached hydrogen (secondary N) is 1. The van der Waals surface area contributed by atoms with Crippen molar-refractivity contribution >= 4 is 28.9 Å². The standard InChI is InChI=1S/C14H15ClN4O3/c1-8-4-5-12(13(6-8)19(21)22)17-14(20)10(3)18-9(2)11(15)7-16-18/h4-7,10H,1-3H3,(H,17,20). The number of carbonyl (C=O) groups excluding carboxylic acids is 1. The van der Waals surface area contributed by atoms with E-state index in [4.69, 9.17) is 11.6 Å². The first-order chi connectivity index (χ1) is 10.3. The number of halogens is 1. The molecule has 2 aromatic rings. The van der Waals surface area contributed by atoms with Gasteiger partial charge in [0.05, 0.1) is 21.8 Å². The molecule has 1 aromatic carbocycles. The van der Waals surface area contributed by atoms with Crippen molar-refractivity contribution in [3.63, 3.8) is 0 Å². The Bertz CT molecular complexity index is 742. The average Bonchev–Trinajstić information content (AvgIpc) is 2.79. The molecule has 0 fully saturated rings. The van der Waals surface area contributed by atoms with E-state index in [1.807, 2.05) is 0 Å². The maximum absolute atomic E-state index is 12.3. The molecular formula is C14H15ClN4O3. The molecule has 0 aliphatic heterocycles. The van der Waals surface area contributed by atoms with Crippen LogP contribution in [0.3, 0.4) is 0 Å². The van der Waals surface area contributed by atoms with E-state index in [0.29, 0.717) is 10.7 Å². The van der Waals surface area contributed by atoms with Gasteiger partial charge in [-0.05, 0) is 32.4 Å². The molecule has 0 spiro atoms. The summed E-state index contributed by atoms with van der Waals surface area (Å²) in [7, 11) is 0. The molecule has 1 N–H and O–H groups in total. The van der Waals surface area contributed by atoms with E-state index >= 15 is 0 Å². The summed E-state index contributed by atoms with van der Waals surface area (Å²) in [4.78, 5) is 22.8.